The molecule has 1 aromatic heterocycles. The number of nitriles is 1. The number of rotatable bonds is 9. The third kappa shape index (κ3) is 11.7. The second kappa shape index (κ2) is 23.8. The Morgan fingerprint density at radius 1 is 1.11 bits per heavy atom. The molecule has 55 heavy (non-hydrogen) atoms. The summed E-state index contributed by atoms with van der Waals surface area (Å²) in [5.41, 5.74) is 8.11. The van der Waals surface area contributed by atoms with Crippen LogP contribution >= 0.6 is 11.3 Å². The number of amides is 1. The van der Waals surface area contributed by atoms with Gasteiger partial charge in [0.25, 0.3) is 0 Å². The van der Waals surface area contributed by atoms with Crippen LogP contribution in [0.15, 0.2) is 57.6 Å². The lowest BCUT2D eigenvalue weighted by Crippen LogP contribution is -2.43. The number of nitrogens with zero attached hydrogens (tertiary/aromatic N) is 4. The maximum Gasteiger partial charge on any atom is 0.247 e. The molecule has 3 aliphatic rings. The summed E-state index contributed by atoms with van der Waals surface area (Å²) < 4.78 is 38.6. The summed E-state index contributed by atoms with van der Waals surface area (Å²) in [6.45, 7) is 22.8. The average Bonchev–Trinajstić information content (AvgIpc) is 3.95. The first-order chi connectivity index (χ1) is 26.5. The molecule has 3 aliphatic heterocycles. The highest BCUT2D eigenvalue weighted by Crippen LogP contribution is 2.44. The van der Waals surface area contributed by atoms with E-state index in [0.29, 0.717) is 46.1 Å². The summed E-state index contributed by atoms with van der Waals surface area (Å²) in [6, 6.07) is 4.37. The molecule has 3 fully saturated rings. The fourth-order valence-corrected chi connectivity index (χ4v) is 7.48. The van der Waals surface area contributed by atoms with E-state index in [-0.39, 0.29) is 46.2 Å². The van der Waals surface area contributed by atoms with Gasteiger partial charge in [-0.3, -0.25) is 9.79 Å². The highest BCUT2D eigenvalue weighted by Gasteiger charge is 2.32. The molecule has 2 atom stereocenters. The zero-order chi connectivity index (χ0) is 41.2. The minimum atomic E-state index is -0.661. The molecule has 4 heterocycles. The number of unbranched alkanes of at least 4 members (excludes halogenated alkanes) is 2. The lowest BCUT2D eigenvalue weighted by molar-refractivity contribution is -0.133. The number of amidine groups is 1. The number of anilines is 1. The van der Waals surface area contributed by atoms with Crippen molar-refractivity contribution >= 4 is 43.7 Å². The normalized spacial score (nSPS) is 20.9. The van der Waals surface area contributed by atoms with E-state index in [1.807, 2.05) is 34.6 Å². The molecule has 8 nitrogen and oxygen atoms in total. The van der Waals surface area contributed by atoms with Gasteiger partial charge in [0, 0.05) is 47.9 Å². The maximum atomic E-state index is 16.1. The number of allylic oxidation sites excluding steroid dienone is 4. The zero-order valence-corrected chi connectivity index (χ0v) is 36.1. The highest BCUT2D eigenvalue weighted by molar-refractivity contribution is 7.23. The van der Waals surface area contributed by atoms with Crippen molar-refractivity contribution in [1.82, 2.24) is 15.1 Å². The van der Waals surface area contributed by atoms with Crippen molar-refractivity contribution in [3.8, 4) is 6.07 Å². The molecule has 2 aromatic rings. The Bertz CT molecular complexity index is 1780. The van der Waals surface area contributed by atoms with Crippen molar-refractivity contribution in [3.63, 3.8) is 0 Å². The van der Waals surface area contributed by atoms with Gasteiger partial charge in [-0.1, -0.05) is 80.7 Å². The SMILES string of the molecule is C/C=C(F)/C(=C1/COC/C1=C(/C)C(=NC1CCCN(C)C1=O)N/C(=C/CCC)N1CCC(C)C1)c1c(F)ccc2sc(N)c(C#N)c12.CC.CC.CCCC. The van der Waals surface area contributed by atoms with Crippen LogP contribution in [-0.2, 0) is 9.53 Å². The first-order valence-electron chi connectivity index (χ1n) is 20.3. The number of carbonyl (C=O) groups is 1. The van der Waals surface area contributed by atoms with E-state index in [2.05, 4.69) is 50.1 Å². The van der Waals surface area contributed by atoms with Crippen LogP contribution in [0.1, 0.15) is 125 Å². The van der Waals surface area contributed by atoms with Crippen molar-refractivity contribution in [1.29, 1.82) is 5.26 Å². The maximum absolute atomic E-state index is 16.1. The first kappa shape index (κ1) is 47.1. The number of nitrogen functional groups attached to an aromatic ring is 1. The second-order valence-electron chi connectivity index (χ2n) is 13.6. The summed E-state index contributed by atoms with van der Waals surface area (Å²) in [4.78, 5) is 22.3. The Morgan fingerprint density at radius 2 is 1.78 bits per heavy atom. The van der Waals surface area contributed by atoms with Crippen LogP contribution in [0.3, 0.4) is 0 Å². The summed E-state index contributed by atoms with van der Waals surface area (Å²) >= 11 is 1.17. The van der Waals surface area contributed by atoms with E-state index < -0.39 is 17.7 Å². The van der Waals surface area contributed by atoms with E-state index in [1.165, 1.54) is 36.3 Å². The van der Waals surface area contributed by atoms with E-state index in [0.717, 1.165) is 44.6 Å². The molecule has 5 rings (SSSR count). The smallest absolute Gasteiger partial charge is 0.247 e. The molecule has 1 aromatic carbocycles. The van der Waals surface area contributed by atoms with E-state index >= 15 is 8.78 Å². The Labute approximate surface area is 333 Å². The van der Waals surface area contributed by atoms with Crippen LogP contribution in [0.5, 0.6) is 0 Å². The van der Waals surface area contributed by atoms with Gasteiger partial charge in [0.15, 0.2) is 0 Å². The van der Waals surface area contributed by atoms with Gasteiger partial charge >= 0.3 is 0 Å². The summed E-state index contributed by atoms with van der Waals surface area (Å²) in [5.74, 6) is 0.636. The number of halogens is 2. The van der Waals surface area contributed by atoms with Crippen LogP contribution < -0.4 is 11.1 Å². The Balaban J connectivity index is 0.00000121. The quantitative estimate of drug-likeness (QED) is 0.194. The van der Waals surface area contributed by atoms with Gasteiger partial charge in [-0.05, 0) is 80.4 Å². The largest absolute Gasteiger partial charge is 0.389 e. The van der Waals surface area contributed by atoms with Crippen molar-refractivity contribution in [3.05, 3.63) is 69.6 Å². The minimum Gasteiger partial charge on any atom is -0.389 e. The highest BCUT2D eigenvalue weighted by atomic mass is 32.1. The van der Waals surface area contributed by atoms with Gasteiger partial charge in [-0.25, -0.2) is 8.78 Å². The van der Waals surface area contributed by atoms with Gasteiger partial charge < -0.3 is 25.6 Å². The van der Waals surface area contributed by atoms with Crippen molar-refractivity contribution in [2.24, 2.45) is 10.9 Å². The first-order valence-corrected chi connectivity index (χ1v) is 21.1. The van der Waals surface area contributed by atoms with Gasteiger partial charge in [0.1, 0.15) is 40.4 Å². The molecule has 304 valence electrons. The Morgan fingerprint density at radius 3 is 2.36 bits per heavy atom. The van der Waals surface area contributed by atoms with Crippen LogP contribution in [-0.4, -0.2) is 67.5 Å². The molecule has 0 spiro atoms. The fraction of sp³-hybridized carbons (Fsp3) is 0.568. The number of hydrogen-bond acceptors (Lipinski definition) is 7. The number of hydrogen-bond donors (Lipinski definition) is 2. The number of thiophene rings is 1. The summed E-state index contributed by atoms with van der Waals surface area (Å²) in [6.07, 6.45) is 10.5. The number of nitrogens with one attached hydrogen (secondary N) is 1. The molecule has 2 unspecified atom stereocenters. The molecule has 0 aliphatic carbocycles. The molecule has 11 heteroatoms. The van der Waals surface area contributed by atoms with Crippen LogP contribution in [0.4, 0.5) is 13.8 Å². The Hall–Kier alpha value is -4.01. The predicted octanol–water partition coefficient (Wildman–Crippen LogP) is 10.9. The number of nitrogens with two attached hydrogens (primary N) is 1. The van der Waals surface area contributed by atoms with Crippen LogP contribution in [0.25, 0.3) is 15.7 Å². The minimum absolute atomic E-state index is 0.0153. The molecule has 3 N–H and O–H groups in total. The second-order valence-corrected chi connectivity index (χ2v) is 14.7. The van der Waals surface area contributed by atoms with Crippen LogP contribution in [0.2, 0.25) is 0 Å². The number of piperidine rings is 1. The van der Waals surface area contributed by atoms with Crippen molar-refractivity contribution in [2.45, 2.75) is 120 Å². The number of benzene rings is 1. The molecular formula is C44H66F2N6O2S. The van der Waals surface area contributed by atoms with E-state index in [9.17, 15) is 10.1 Å². The summed E-state index contributed by atoms with van der Waals surface area (Å²) in [5, 5.41) is 14.1. The number of aliphatic imine (C=N–C) groups is 1. The molecule has 3 saturated heterocycles. The van der Waals surface area contributed by atoms with Gasteiger partial charge in [0.2, 0.25) is 5.91 Å². The number of carbonyl (C=O) groups excluding carboxylic acids is 1. The molecule has 1 amide bonds. The number of ether oxygens (including phenoxy) is 1. The van der Waals surface area contributed by atoms with Gasteiger partial charge in [0.05, 0.1) is 18.8 Å². The number of fused-ring (bicyclic) bond motifs is 1. The summed E-state index contributed by atoms with van der Waals surface area (Å²) in [7, 11) is 1.79. The van der Waals surface area contributed by atoms with Crippen molar-refractivity contribution < 1.29 is 18.3 Å². The topological polar surface area (TPSA) is 107 Å². The average molecular weight is 781 g/mol. The zero-order valence-electron chi connectivity index (χ0n) is 35.3. The van der Waals surface area contributed by atoms with Gasteiger partial charge in [-0.15, -0.1) is 11.3 Å². The molecular weight excluding hydrogens is 715 g/mol. The van der Waals surface area contributed by atoms with Crippen molar-refractivity contribution in [2.75, 3.05) is 45.6 Å². The van der Waals surface area contributed by atoms with E-state index in [1.54, 1.807) is 24.9 Å². The fourth-order valence-electron chi connectivity index (χ4n) is 6.55. The molecule has 0 radical (unpaired) electrons. The molecule has 0 bridgehead atoms. The third-order valence-electron chi connectivity index (χ3n) is 9.71. The molecule has 0 saturated carbocycles. The lowest BCUT2D eigenvalue weighted by Gasteiger charge is -2.29. The third-order valence-corrected chi connectivity index (χ3v) is 10.7. The standard InChI is InChI=1S/C36H44F2N6O2S.C4H10.2C2H6/c1-6-8-11-30(44-16-14-21(3)18-44)42-35(41-28-10-9-15-43(5)36(28)45)22(4)24-19-46-20-25(24)31(26(37)7-2)33-27(38)12-13-29-32(33)23(17-39)34(40)47-29;1-3-4-2;2*1-2/h7,11-13,21,28H,6,8-10,14-16,18-20,40H2,1-5H3,(H,41,42);3-4H2,1-2H3;2*1-2H3/b24-22+,26-7-,30-11-,31-25+;;;. The lowest BCUT2D eigenvalue weighted by atomic mass is 9.89. The number of likely N-dealkylation sites (N-methyl/N-ethyl adjacent to an activating group) is 1. The predicted molar refractivity (Wildman–Crippen MR) is 229 cm³/mol. The monoisotopic (exact) mass is 780 g/mol. The van der Waals surface area contributed by atoms with Gasteiger partial charge in [-0.2, -0.15) is 5.26 Å². The van der Waals surface area contributed by atoms with E-state index in [4.69, 9.17) is 15.5 Å². The number of likely N-dealkylation sites (tertiary alicyclic amines) is 2. The Kier molecular flexibility index (Phi) is 20.4. The van der Waals surface area contributed by atoms with Crippen LogP contribution in [0, 0.1) is 23.1 Å².